The molecule has 1 N–H and O–H groups in total. The number of hydrogen-bond donors (Lipinski definition) is 1. The Morgan fingerprint density at radius 2 is 2.27 bits per heavy atom. The zero-order valence-corrected chi connectivity index (χ0v) is 9.68. The number of nitrogens with one attached hydrogen (secondary N) is 1. The molecule has 78 valence electrons. The van der Waals surface area contributed by atoms with Gasteiger partial charge in [0.1, 0.15) is 0 Å². The van der Waals surface area contributed by atoms with Crippen molar-refractivity contribution in [2.45, 2.75) is 13.1 Å². The summed E-state index contributed by atoms with van der Waals surface area (Å²) in [7, 11) is 0. The fraction of sp³-hybridized carbons (Fsp3) is 0.182. The lowest BCUT2D eigenvalue weighted by atomic mass is 10.2. The molecule has 15 heavy (non-hydrogen) atoms. The Kier molecular flexibility index (Phi) is 3.72. The molecular formula is C11H11ClN2S. The number of rotatable bonds is 4. The van der Waals surface area contributed by atoms with Gasteiger partial charge in [-0.25, -0.2) is 0 Å². The predicted octanol–water partition coefficient (Wildman–Crippen LogP) is 3.09. The van der Waals surface area contributed by atoms with Gasteiger partial charge in [-0.2, -0.15) is 0 Å². The van der Waals surface area contributed by atoms with Gasteiger partial charge in [0.15, 0.2) is 0 Å². The highest BCUT2D eigenvalue weighted by Crippen LogP contribution is 2.13. The van der Waals surface area contributed by atoms with E-state index in [0.29, 0.717) is 0 Å². The molecule has 0 bridgehead atoms. The van der Waals surface area contributed by atoms with E-state index in [9.17, 15) is 0 Å². The number of pyridine rings is 1. The average Bonchev–Trinajstić information content (AvgIpc) is 2.74. The third-order valence-electron chi connectivity index (χ3n) is 2.05. The van der Waals surface area contributed by atoms with Crippen molar-refractivity contribution < 1.29 is 0 Å². The minimum Gasteiger partial charge on any atom is -0.308 e. The summed E-state index contributed by atoms with van der Waals surface area (Å²) in [6.45, 7) is 1.66. The Morgan fingerprint density at radius 3 is 3.00 bits per heavy atom. The molecule has 0 aliphatic heterocycles. The lowest BCUT2D eigenvalue weighted by molar-refractivity contribution is 0.700. The summed E-state index contributed by atoms with van der Waals surface area (Å²) in [5, 5.41) is 6.14. The maximum absolute atomic E-state index is 5.98. The van der Waals surface area contributed by atoms with Crippen molar-refractivity contribution in [3.63, 3.8) is 0 Å². The Hall–Kier alpha value is -0.900. The monoisotopic (exact) mass is 238 g/mol. The van der Waals surface area contributed by atoms with Crippen LogP contribution >= 0.6 is 22.9 Å². The number of hydrogen-bond acceptors (Lipinski definition) is 3. The molecule has 0 aromatic carbocycles. The van der Waals surface area contributed by atoms with Crippen LogP contribution in [0, 0.1) is 0 Å². The lowest BCUT2D eigenvalue weighted by Crippen LogP contribution is -2.12. The Balaban J connectivity index is 1.86. The van der Waals surface area contributed by atoms with Crippen LogP contribution in [0.15, 0.2) is 36.0 Å². The van der Waals surface area contributed by atoms with Crippen LogP contribution in [0.2, 0.25) is 5.02 Å². The third kappa shape index (κ3) is 3.02. The van der Waals surface area contributed by atoms with Crippen LogP contribution in [0.3, 0.4) is 0 Å². The van der Waals surface area contributed by atoms with Gasteiger partial charge in [-0.05, 0) is 23.1 Å². The molecule has 0 aliphatic rings. The zero-order chi connectivity index (χ0) is 10.5. The van der Waals surface area contributed by atoms with Gasteiger partial charge in [0, 0.05) is 30.4 Å². The maximum atomic E-state index is 5.98. The molecule has 2 rings (SSSR count). The second-order valence-electron chi connectivity index (χ2n) is 3.15. The summed E-state index contributed by atoms with van der Waals surface area (Å²) in [6, 6.07) is 6.11. The quantitative estimate of drug-likeness (QED) is 0.886. The normalized spacial score (nSPS) is 10.5. The number of halogens is 1. The molecular weight excluding hydrogens is 228 g/mol. The summed E-state index contributed by atoms with van der Waals surface area (Å²) in [4.78, 5) is 5.28. The molecule has 2 aromatic heterocycles. The van der Waals surface area contributed by atoms with Crippen LogP contribution in [0.4, 0.5) is 0 Å². The molecule has 0 radical (unpaired) electrons. The largest absolute Gasteiger partial charge is 0.308 e. The van der Waals surface area contributed by atoms with E-state index in [4.69, 9.17) is 11.6 Å². The standard InChI is InChI=1S/C11H11ClN2S/c12-11-8-13-4-3-9(11)6-14-7-10-2-1-5-15-10/h1-5,8,14H,6-7H2. The third-order valence-corrected chi connectivity index (χ3v) is 3.27. The van der Waals surface area contributed by atoms with Crippen LogP contribution < -0.4 is 5.32 Å². The lowest BCUT2D eigenvalue weighted by Gasteiger charge is -2.04. The zero-order valence-electron chi connectivity index (χ0n) is 8.11. The second kappa shape index (κ2) is 5.26. The van der Waals surface area contributed by atoms with Crippen LogP contribution in [-0.2, 0) is 13.1 Å². The highest BCUT2D eigenvalue weighted by molar-refractivity contribution is 7.09. The van der Waals surface area contributed by atoms with Crippen molar-refractivity contribution in [2.75, 3.05) is 0 Å². The Bertz CT molecular complexity index is 414. The summed E-state index contributed by atoms with van der Waals surface area (Å²) in [5.41, 5.74) is 1.09. The molecule has 2 heterocycles. The number of aromatic nitrogens is 1. The molecule has 2 aromatic rings. The molecule has 0 saturated carbocycles. The van der Waals surface area contributed by atoms with Crippen molar-refractivity contribution in [1.82, 2.24) is 10.3 Å². The minimum atomic E-state index is 0.719. The summed E-state index contributed by atoms with van der Waals surface area (Å²) in [5.74, 6) is 0. The summed E-state index contributed by atoms with van der Waals surface area (Å²) >= 11 is 7.74. The van der Waals surface area contributed by atoms with Gasteiger partial charge in [0.25, 0.3) is 0 Å². The fourth-order valence-corrected chi connectivity index (χ4v) is 2.14. The van der Waals surface area contributed by atoms with Crippen molar-refractivity contribution in [1.29, 1.82) is 0 Å². The highest BCUT2D eigenvalue weighted by atomic mass is 35.5. The van der Waals surface area contributed by atoms with Gasteiger partial charge in [-0.3, -0.25) is 4.98 Å². The topological polar surface area (TPSA) is 24.9 Å². The fourth-order valence-electron chi connectivity index (χ4n) is 1.28. The summed E-state index contributed by atoms with van der Waals surface area (Å²) in [6.07, 6.45) is 3.43. The summed E-state index contributed by atoms with van der Waals surface area (Å²) < 4.78 is 0. The van der Waals surface area contributed by atoms with Crippen molar-refractivity contribution in [3.8, 4) is 0 Å². The van der Waals surface area contributed by atoms with E-state index < -0.39 is 0 Å². The SMILES string of the molecule is Clc1cnccc1CNCc1cccs1. The van der Waals surface area contributed by atoms with Gasteiger partial charge in [-0.1, -0.05) is 17.7 Å². The van der Waals surface area contributed by atoms with E-state index in [-0.39, 0.29) is 0 Å². The molecule has 0 fully saturated rings. The van der Waals surface area contributed by atoms with Crippen LogP contribution in [0.25, 0.3) is 0 Å². The molecule has 4 heteroatoms. The van der Waals surface area contributed by atoms with Gasteiger partial charge in [0.05, 0.1) is 5.02 Å². The first-order valence-corrected chi connectivity index (χ1v) is 5.93. The highest BCUT2D eigenvalue weighted by Gasteiger charge is 1.99. The van der Waals surface area contributed by atoms with Gasteiger partial charge >= 0.3 is 0 Å². The first-order valence-electron chi connectivity index (χ1n) is 4.68. The van der Waals surface area contributed by atoms with Gasteiger partial charge in [-0.15, -0.1) is 11.3 Å². The van der Waals surface area contributed by atoms with Crippen molar-refractivity contribution in [3.05, 3.63) is 51.4 Å². The maximum Gasteiger partial charge on any atom is 0.0634 e. The number of nitrogens with zero attached hydrogens (tertiary/aromatic N) is 1. The van der Waals surface area contributed by atoms with E-state index >= 15 is 0 Å². The van der Waals surface area contributed by atoms with E-state index in [2.05, 4.69) is 27.8 Å². The molecule has 0 unspecified atom stereocenters. The number of thiophene rings is 1. The first kappa shape index (κ1) is 10.6. The molecule has 0 saturated heterocycles. The van der Waals surface area contributed by atoms with Gasteiger partial charge in [0.2, 0.25) is 0 Å². The molecule has 0 aliphatic carbocycles. The van der Waals surface area contributed by atoms with Crippen LogP contribution in [-0.4, -0.2) is 4.98 Å². The van der Waals surface area contributed by atoms with Crippen LogP contribution in [0.5, 0.6) is 0 Å². The van der Waals surface area contributed by atoms with Crippen molar-refractivity contribution in [2.24, 2.45) is 0 Å². The predicted molar refractivity (Wildman–Crippen MR) is 64.1 cm³/mol. The van der Waals surface area contributed by atoms with Gasteiger partial charge < -0.3 is 5.32 Å². The van der Waals surface area contributed by atoms with E-state index in [1.165, 1.54) is 4.88 Å². The molecule has 0 amide bonds. The smallest absolute Gasteiger partial charge is 0.0634 e. The molecule has 0 atom stereocenters. The second-order valence-corrected chi connectivity index (χ2v) is 4.59. The Labute approximate surface area is 97.9 Å². The molecule has 0 spiro atoms. The van der Waals surface area contributed by atoms with E-state index in [0.717, 1.165) is 23.7 Å². The minimum absolute atomic E-state index is 0.719. The van der Waals surface area contributed by atoms with E-state index in [1.807, 2.05) is 6.07 Å². The average molecular weight is 239 g/mol. The Morgan fingerprint density at radius 1 is 1.33 bits per heavy atom. The van der Waals surface area contributed by atoms with Crippen LogP contribution in [0.1, 0.15) is 10.4 Å². The first-order chi connectivity index (χ1) is 7.36. The molecule has 2 nitrogen and oxygen atoms in total. The van der Waals surface area contributed by atoms with Crippen molar-refractivity contribution >= 4 is 22.9 Å². The van der Waals surface area contributed by atoms with E-state index in [1.54, 1.807) is 23.7 Å².